The number of ether oxygens (including phenoxy) is 2. The average molecular weight is 433 g/mol. The zero-order valence-corrected chi connectivity index (χ0v) is 17.6. The van der Waals surface area contributed by atoms with Gasteiger partial charge >= 0.3 is 0 Å². The molecule has 5 nitrogen and oxygen atoms in total. The van der Waals surface area contributed by atoms with Crippen LogP contribution in [0, 0.1) is 5.82 Å². The van der Waals surface area contributed by atoms with Crippen LogP contribution >= 0.6 is 23.1 Å². The van der Waals surface area contributed by atoms with E-state index >= 15 is 0 Å². The van der Waals surface area contributed by atoms with E-state index in [9.17, 15) is 9.18 Å². The molecule has 0 atom stereocenters. The van der Waals surface area contributed by atoms with Gasteiger partial charge in [0, 0.05) is 30.8 Å². The van der Waals surface area contributed by atoms with Crippen LogP contribution in [0.2, 0.25) is 0 Å². The van der Waals surface area contributed by atoms with Gasteiger partial charge in [-0.15, -0.1) is 11.8 Å². The number of carbonyl (C=O) groups excluding carboxylic acids is 1. The minimum Gasteiger partial charge on any atom is -0.497 e. The molecule has 1 aliphatic rings. The van der Waals surface area contributed by atoms with Gasteiger partial charge in [-0.1, -0.05) is 17.4 Å². The highest BCUT2D eigenvalue weighted by Gasteiger charge is 2.25. The van der Waals surface area contributed by atoms with Crippen molar-refractivity contribution in [1.82, 2.24) is 9.88 Å². The van der Waals surface area contributed by atoms with Gasteiger partial charge in [0.15, 0.2) is 0 Å². The lowest BCUT2D eigenvalue weighted by atomic mass is 10.1. The van der Waals surface area contributed by atoms with Crippen molar-refractivity contribution in [3.63, 3.8) is 0 Å². The van der Waals surface area contributed by atoms with Crippen LogP contribution in [0.3, 0.4) is 0 Å². The fraction of sp³-hybridized carbons (Fsp3) is 0.333. The van der Waals surface area contributed by atoms with Gasteiger partial charge in [-0.3, -0.25) is 4.79 Å². The number of halogens is 1. The SMILES string of the molecule is COc1ccc(SCC(=O)N2CCC(Oc3nc4c(F)cccc4s3)CC2)cc1. The van der Waals surface area contributed by atoms with E-state index in [1.165, 1.54) is 29.2 Å². The van der Waals surface area contributed by atoms with Gasteiger partial charge in [-0.2, -0.15) is 4.98 Å². The number of fused-ring (bicyclic) bond motifs is 1. The Labute approximate surface area is 176 Å². The number of nitrogens with zero attached hydrogens (tertiary/aromatic N) is 2. The molecule has 2 heterocycles. The summed E-state index contributed by atoms with van der Waals surface area (Å²) in [6.45, 7) is 1.32. The van der Waals surface area contributed by atoms with Crippen LogP contribution in [0.1, 0.15) is 12.8 Å². The zero-order chi connectivity index (χ0) is 20.2. The lowest BCUT2D eigenvalue weighted by molar-refractivity contribution is -0.130. The summed E-state index contributed by atoms with van der Waals surface area (Å²) in [6.07, 6.45) is 1.49. The topological polar surface area (TPSA) is 51.7 Å². The van der Waals surface area contributed by atoms with Crippen molar-refractivity contribution in [3.8, 4) is 10.9 Å². The molecule has 1 aliphatic heterocycles. The highest BCUT2D eigenvalue weighted by molar-refractivity contribution is 8.00. The van der Waals surface area contributed by atoms with E-state index in [1.807, 2.05) is 35.2 Å². The van der Waals surface area contributed by atoms with E-state index in [4.69, 9.17) is 9.47 Å². The summed E-state index contributed by atoms with van der Waals surface area (Å²) in [5.74, 6) is 1.02. The van der Waals surface area contributed by atoms with Crippen LogP contribution in [-0.2, 0) is 4.79 Å². The van der Waals surface area contributed by atoms with E-state index in [2.05, 4.69) is 4.98 Å². The summed E-state index contributed by atoms with van der Waals surface area (Å²) in [7, 11) is 1.63. The minimum atomic E-state index is -0.330. The normalized spacial score (nSPS) is 14.9. The van der Waals surface area contributed by atoms with E-state index in [0.29, 0.717) is 29.6 Å². The summed E-state index contributed by atoms with van der Waals surface area (Å²) in [5, 5.41) is 0.491. The number of methoxy groups -OCH3 is 1. The molecule has 8 heteroatoms. The van der Waals surface area contributed by atoms with Crippen LogP contribution in [0.4, 0.5) is 4.39 Å². The Balaban J connectivity index is 1.25. The molecule has 1 saturated heterocycles. The number of rotatable bonds is 6. The predicted molar refractivity (Wildman–Crippen MR) is 114 cm³/mol. The molecule has 0 unspecified atom stereocenters. The first kappa shape index (κ1) is 20.0. The Morgan fingerprint density at radius 2 is 2.00 bits per heavy atom. The maximum absolute atomic E-state index is 13.8. The van der Waals surface area contributed by atoms with Crippen LogP contribution in [-0.4, -0.2) is 47.8 Å². The highest BCUT2D eigenvalue weighted by atomic mass is 32.2. The van der Waals surface area contributed by atoms with Gasteiger partial charge in [-0.05, 0) is 36.4 Å². The van der Waals surface area contributed by atoms with Crippen LogP contribution in [0.25, 0.3) is 10.2 Å². The van der Waals surface area contributed by atoms with Gasteiger partial charge in [0.2, 0.25) is 5.91 Å². The molecule has 1 amide bonds. The molecule has 2 aromatic carbocycles. The number of aromatic nitrogens is 1. The number of benzene rings is 2. The monoisotopic (exact) mass is 432 g/mol. The number of hydrogen-bond acceptors (Lipinski definition) is 6. The third kappa shape index (κ3) is 4.82. The van der Waals surface area contributed by atoms with Crippen LogP contribution < -0.4 is 9.47 Å². The summed E-state index contributed by atoms with van der Waals surface area (Å²) in [6, 6.07) is 12.6. The molecule has 152 valence electrons. The zero-order valence-electron chi connectivity index (χ0n) is 16.0. The van der Waals surface area contributed by atoms with Crippen molar-refractivity contribution < 1.29 is 18.7 Å². The Hall–Kier alpha value is -2.32. The van der Waals surface area contributed by atoms with E-state index in [1.54, 1.807) is 13.2 Å². The summed E-state index contributed by atoms with van der Waals surface area (Å²) in [4.78, 5) is 19.7. The van der Waals surface area contributed by atoms with Crippen molar-refractivity contribution in [2.24, 2.45) is 0 Å². The molecule has 0 N–H and O–H groups in total. The third-order valence-electron chi connectivity index (χ3n) is 4.83. The van der Waals surface area contributed by atoms with Crippen molar-refractivity contribution in [3.05, 3.63) is 48.3 Å². The molecule has 4 rings (SSSR count). The molecule has 0 spiro atoms. The molecular weight excluding hydrogens is 411 g/mol. The van der Waals surface area contributed by atoms with Gasteiger partial charge in [0.05, 0.1) is 17.6 Å². The first-order valence-corrected chi connectivity index (χ1v) is 11.2. The summed E-state index contributed by atoms with van der Waals surface area (Å²) < 4.78 is 25.7. The van der Waals surface area contributed by atoms with Gasteiger partial charge < -0.3 is 14.4 Å². The number of para-hydroxylation sites is 1. The fourth-order valence-electron chi connectivity index (χ4n) is 3.22. The maximum Gasteiger partial charge on any atom is 0.274 e. The third-order valence-corrected chi connectivity index (χ3v) is 6.74. The maximum atomic E-state index is 13.8. The Bertz CT molecular complexity index is 985. The number of carbonyl (C=O) groups is 1. The summed E-state index contributed by atoms with van der Waals surface area (Å²) >= 11 is 2.88. The van der Waals surface area contributed by atoms with Crippen molar-refractivity contribution in [1.29, 1.82) is 0 Å². The molecule has 0 bridgehead atoms. The van der Waals surface area contributed by atoms with Gasteiger partial charge in [0.1, 0.15) is 23.2 Å². The second kappa shape index (κ2) is 9.00. The Morgan fingerprint density at radius 1 is 1.24 bits per heavy atom. The van der Waals surface area contributed by atoms with E-state index in [0.717, 1.165) is 28.2 Å². The average Bonchev–Trinajstić information content (AvgIpc) is 3.17. The smallest absolute Gasteiger partial charge is 0.274 e. The number of hydrogen-bond donors (Lipinski definition) is 0. The molecule has 0 saturated carbocycles. The van der Waals surface area contributed by atoms with Crippen LogP contribution in [0.15, 0.2) is 47.4 Å². The van der Waals surface area contributed by atoms with Crippen molar-refractivity contribution in [2.45, 2.75) is 23.8 Å². The minimum absolute atomic E-state index is 0.00286. The molecule has 0 radical (unpaired) electrons. The number of thioether (sulfide) groups is 1. The number of thiazole rings is 1. The molecule has 1 fully saturated rings. The number of amides is 1. The second-order valence-electron chi connectivity index (χ2n) is 6.73. The molecule has 1 aromatic heterocycles. The number of piperidine rings is 1. The summed E-state index contributed by atoms with van der Waals surface area (Å²) in [5.41, 5.74) is 0.357. The van der Waals surface area contributed by atoms with Gasteiger partial charge in [-0.25, -0.2) is 4.39 Å². The van der Waals surface area contributed by atoms with Gasteiger partial charge in [0.25, 0.3) is 5.19 Å². The first-order valence-electron chi connectivity index (χ1n) is 9.39. The fourth-order valence-corrected chi connectivity index (χ4v) is 4.92. The quantitative estimate of drug-likeness (QED) is 0.533. The molecule has 3 aromatic rings. The lowest BCUT2D eigenvalue weighted by Crippen LogP contribution is -2.42. The molecule has 0 aliphatic carbocycles. The second-order valence-corrected chi connectivity index (χ2v) is 8.77. The molecule has 29 heavy (non-hydrogen) atoms. The van der Waals surface area contributed by atoms with Crippen molar-refractivity contribution in [2.75, 3.05) is 26.0 Å². The van der Waals surface area contributed by atoms with Crippen LogP contribution in [0.5, 0.6) is 10.9 Å². The molecular formula is C21H21FN2O3S2. The largest absolute Gasteiger partial charge is 0.497 e. The first-order chi connectivity index (χ1) is 14.1. The number of likely N-dealkylation sites (tertiary alicyclic amines) is 1. The lowest BCUT2D eigenvalue weighted by Gasteiger charge is -2.31. The Kier molecular flexibility index (Phi) is 6.20. The Morgan fingerprint density at radius 3 is 2.69 bits per heavy atom. The highest BCUT2D eigenvalue weighted by Crippen LogP contribution is 2.31. The van der Waals surface area contributed by atoms with E-state index < -0.39 is 0 Å². The standard InChI is InChI=1S/C21H21FN2O3S2/c1-26-14-5-7-16(8-6-14)28-13-19(25)24-11-9-15(10-12-24)27-21-23-20-17(22)3-2-4-18(20)29-21/h2-8,15H,9-13H2,1H3. The van der Waals surface area contributed by atoms with Crippen molar-refractivity contribution >= 4 is 39.2 Å². The van der Waals surface area contributed by atoms with E-state index in [-0.39, 0.29) is 17.8 Å². The predicted octanol–water partition coefficient (Wildman–Crippen LogP) is 4.61.